The Kier molecular flexibility index (Phi) is 5.19. The van der Waals surface area contributed by atoms with Gasteiger partial charge < -0.3 is 9.88 Å². The lowest BCUT2D eigenvalue weighted by atomic mass is 10.2. The lowest BCUT2D eigenvalue weighted by Gasteiger charge is -2.13. The van der Waals surface area contributed by atoms with Gasteiger partial charge in [0, 0.05) is 18.3 Å². The normalized spacial score (nSPS) is 12.0. The van der Waals surface area contributed by atoms with Gasteiger partial charge >= 0.3 is 0 Å². The van der Waals surface area contributed by atoms with E-state index in [0.717, 1.165) is 22.6 Å². The molecule has 128 valence electrons. The molecular weight excluding hydrogens is 332 g/mol. The van der Waals surface area contributed by atoms with Crippen molar-refractivity contribution in [1.29, 1.82) is 0 Å². The van der Waals surface area contributed by atoms with E-state index in [4.69, 9.17) is 0 Å². The van der Waals surface area contributed by atoms with Gasteiger partial charge in [-0.05, 0) is 25.5 Å². The summed E-state index contributed by atoms with van der Waals surface area (Å²) < 4.78 is 1.91. The molecule has 3 rings (SSSR count). The quantitative estimate of drug-likeness (QED) is 0.707. The van der Waals surface area contributed by atoms with Gasteiger partial charge in [-0.2, -0.15) is 0 Å². The van der Waals surface area contributed by atoms with Crippen molar-refractivity contribution >= 4 is 23.4 Å². The highest BCUT2D eigenvalue weighted by atomic mass is 32.2. The zero-order valence-corrected chi connectivity index (χ0v) is 15.2. The molecule has 3 aromatic rings. The van der Waals surface area contributed by atoms with E-state index in [1.807, 2.05) is 80.1 Å². The van der Waals surface area contributed by atoms with E-state index in [-0.39, 0.29) is 11.2 Å². The minimum atomic E-state index is -0.286. The molecule has 25 heavy (non-hydrogen) atoms. The van der Waals surface area contributed by atoms with Crippen LogP contribution in [0.4, 0.5) is 5.69 Å². The Morgan fingerprint density at radius 3 is 2.48 bits per heavy atom. The number of aryl methyl sites for hydroxylation is 1. The third kappa shape index (κ3) is 3.91. The summed E-state index contributed by atoms with van der Waals surface area (Å²) in [6.07, 6.45) is 0. The van der Waals surface area contributed by atoms with Crippen LogP contribution in [0.25, 0.3) is 11.4 Å². The summed E-state index contributed by atoms with van der Waals surface area (Å²) in [5, 5.41) is 11.9. The molecule has 2 aromatic carbocycles. The largest absolute Gasteiger partial charge is 0.325 e. The first-order chi connectivity index (χ1) is 12.1. The van der Waals surface area contributed by atoms with Crippen molar-refractivity contribution in [3.63, 3.8) is 0 Å². The van der Waals surface area contributed by atoms with E-state index in [1.165, 1.54) is 11.8 Å². The maximum atomic E-state index is 12.5. The number of benzene rings is 2. The Morgan fingerprint density at radius 2 is 1.76 bits per heavy atom. The van der Waals surface area contributed by atoms with Gasteiger partial charge in [-0.1, -0.05) is 60.3 Å². The van der Waals surface area contributed by atoms with Crippen molar-refractivity contribution in [2.45, 2.75) is 24.3 Å². The number of nitrogens with zero attached hydrogens (tertiary/aromatic N) is 3. The van der Waals surface area contributed by atoms with E-state index in [0.29, 0.717) is 5.16 Å². The van der Waals surface area contributed by atoms with Crippen molar-refractivity contribution in [3.05, 3.63) is 60.2 Å². The van der Waals surface area contributed by atoms with Gasteiger partial charge in [0.1, 0.15) is 0 Å². The lowest BCUT2D eigenvalue weighted by Crippen LogP contribution is -2.23. The second-order valence-corrected chi connectivity index (χ2v) is 7.10. The third-order valence-electron chi connectivity index (χ3n) is 3.92. The Labute approximate surface area is 151 Å². The lowest BCUT2D eigenvalue weighted by molar-refractivity contribution is -0.115. The zero-order chi connectivity index (χ0) is 17.8. The predicted octanol–water partition coefficient (Wildman–Crippen LogP) is 3.91. The van der Waals surface area contributed by atoms with Gasteiger partial charge in [0.05, 0.1) is 5.25 Å². The van der Waals surface area contributed by atoms with E-state index in [9.17, 15) is 4.79 Å². The zero-order valence-electron chi connectivity index (χ0n) is 14.4. The Bertz CT molecular complexity index is 876. The summed E-state index contributed by atoms with van der Waals surface area (Å²) >= 11 is 1.40. The number of thioether (sulfide) groups is 1. The maximum absolute atomic E-state index is 12.5. The second-order valence-electron chi connectivity index (χ2n) is 5.80. The number of carbonyl (C=O) groups is 1. The van der Waals surface area contributed by atoms with Crippen LogP contribution in [0.1, 0.15) is 12.5 Å². The molecule has 0 saturated heterocycles. The van der Waals surface area contributed by atoms with Crippen molar-refractivity contribution in [3.8, 4) is 11.4 Å². The smallest absolute Gasteiger partial charge is 0.237 e. The monoisotopic (exact) mass is 352 g/mol. The van der Waals surface area contributed by atoms with Gasteiger partial charge in [-0.3, -0.25) is 4.79 Å². The van der Waals surface area contributed by atoms with E-state index in [2.05, 4.69) is 15.5 Å². The molecule has 0 bridgehead atoms. The van der Waals surface area contributed by atoms with E-state index in [1.54, 1.807) is 0 Å². The predicted molar refractivity (Wildman–Crippen MR) is 102 cm³/mol. The highest BCUT2D eigenvalue weighted by molar-refractivity contribution is 8.00. The van der Waals surface area contributed by atoms with Crippen molar-refractivity contribution in [2.24, 2.45) is 7.05 Å². The topological polar surface area (TPSA) is 59.8 Å². The molecule has 0 fully saturated rings. The fourth-order valence-corrected chi connectivity index (χ4v) is 3.23. The van der Waals surface area contributed by atoms with Crippen molar-refractivity contribution in [1.82, 2.24) is 14.8 Å². The number of carbonyl (C=O) groups excluding carboxylic acids is 1. The van der Waals surface area contributed by atoms with Crippen molar-refractivity contribution < 1.29 is 4.79 Å². The number of hydrogen-bond donors (Lipinski definition) is 1. The number of amides is 1. The number of anilines is 1. The summed E-state index contributed by atoms with van der Waals surface area (Å²) in [6, 6.07) is 17.6. The van der Waals surface area contributed by atoms with Crippen molar-refractivity contribution in [2.75, 3.05) is 5.32 Å². The van der Waals surface area contributed by atoms with Crippen LogP contribution < -0.4 is 5.32 Å². The van der Waals surface area contributed by atoms with Crippen LogP contribution in [0.3, 0.4) is 0 Å². The molecule has 0 radical (unpaired) electrons. The summed E-state index contributed by atoms with van der Waals surface area (Å²) in [4.78, 5) is 12.5. The van der Waals surface area contributed by atoms with Gasteiger partial charge in [0.25, 0.3) is 0 Å². The Morgan fingerprint density at radius 1 is 1.08 bits per heavy atom. The second kappa shape index (κ2) is 7.53. The minimum absolute atomic E-state index is 0.0523. The Hall–Kier alpha value is -2.60. The number of nitrogens with one attached hydrogen (secondary N) is 1. The molecule has 5 nitrogen and oxygen atoms in total. The minimum Gasteiger partial charge on any atom is -0.325 e. The average molecular weight is 352 g/mol. The molecule has 1 aromatic heterocycles. The van der Waals surface area contributed by atoms with Crippen LogP contribution in [0.5, 0.6) is 0 Å². The molecule has 1 N–H and O–H groups in total. The third-order valence-corrected chi connectivity index (χ3v) is 5.06. The molecule has 1 heterocycles. The average Bonchev–Trinajstić information content (AvgIpc) is 2.98. The molecule has 0 aliphatic carbocycles. The summed E-state index contributed by atoms with van der Waals surface area (Å²) in [7, 11) is 1.91. The number of para-hydroxylation sites is 1. The van der Waals surface area contributed by atoms with Gasteiger partial charge in [-0.15, -0.1) is 10.2 Å². The Balaban J connectivity index is 1.71. The van der Waals surface area contributed by atoms with Crippen LogP contribution in [-0.4, -0.2) is 25.9 Å². The number of rotatable bonds is 5. The molecule has 1 atom stereocenters. The van der Waals surface area contributed by atoms with Gasteiger partial charge in [-0.25, -0.2) is 0 Å². The molecule has 1 amide bonds. The van der Waals surface area contributed by atoms with Crippen LogP contribution in [0, 0.1) is 6.92 Å². The van der Waals surface area contributed by atoms with E-state index < -0.39 is 0 Å². The molecule has 6 heteroatoms. The van der Waals surface area contributed by atoms with Gasteiger partial charge in [0.2, 0.25) is 5.91 Å². The van der Waals surface area contributed by atoms with E-state index >= 15 is 0 Å². The summed E-state index contributed by atoms with van der Waals surface area (Å²) in [6.45, 7) is 3.84. The molecule has 0 saturated carbocycles. The highest BCUT2D eigenvalue weighted by Gasteiger charge is 2.19. The first kappa shape index (κ1) is 17.2. The highest BCUT2D eigenvalue weighted by Crippen LogP contribution is 2.26. The SMILES string of the molecule is Cc1ccccc1NC(=O)[C@H](C)Sc1nnc(-c2ccccc2)n1C. The number of hydrogen-bond acceptors (Lipinski definition) is 4. The van der Waals surface area contributed by atoms with Crippen LogP contribution in [0.15, 0.2) is 59.8 Å². The fourth-order valence-electron chi connectivity index (χ4n) is 2.42. The summed E-state index contributed by atoms with van der Waals surface area (Å²) in [5.74, 6) is 0.734. The molecular formula is C19H20N4OS. The standard InChI is InChI=1S/C19H20N4OS/c1-13-9-7-8-12-16(13)20-18(24)14(2)25-19-22-21-17(23(19)3)15-10-5-4-6-11-15/h4-12,14H,1-3H3,(H,20,24)/t14-/m0/s1. The molecule has 0 aliphatic heterocycles. The molecule has 0 unspecified atom stereocenters. The van der Waals surface area contributed by atoms with Gasteiger partial charge in [0.15, 0.2) is 11.0 Å². The summed E-state index contributed by atoms with van der Waals surface area (Å²) in [5.41, 5.74) is 2.88. The first-order valence-corrected chi connectivity index (χ1v) is 8.92. The van der Waals surface area contributed by atoms with Crippen LogP contribution >= 0.6 is 11.8 Å². The fraction of sp³-hybridized carbons (Fsp3) is 0.211. The molecule has 0 aliphatic rings. The number of aromatic nitrogens is 3. The molecule has 0 spiro atoms. The maximum Gasteiger partial charge on any atom is 0.237 e. The van der Waals surface area contributed by atoms with Crippen LogP contribution in [-0.2, 0) is 11.8 Å². The van der Waals surface area contributed by atoms with Crippen LogP contribution in [0.2, 0.25) is 0 Å². The first-order valence-electron chi connectivity index (χ1n) is 8.04.